The highest BCUT2D eigenvalue weighted by Gasteiger charge is 2.19. The zero-order chi connectivity index (χ0) is 21.9. The second-order valence-electron chi connectivity index (χ2n) is 7.63. The number of nitrogens with zero attached hydrogens (tertiary/aromatic N) is 2. The highest BCUT2D eigenvalue weighted by Crippen LogP contribution is 2.21. The second kappa shape index (κ2) is 8.93. The third-order valence-corrected chi connectivity index (χ3v) is 6.69. The van der Waals surface area contributed by atoms with Gasteiger partial charge in [0.25, 0.3) is 5.56 Å². The van der Waals surface area contributed by atoms with E-state index in [9.17, 15) is 13.2 Å². The Hall–Kier alpha value is -2.77. The summed E-state index contributed by atoms with van der Waals surface area (Å²) in [6, 6.07) is 14.8. The van der Waals surface area contributed by atoms with Crippen LogP contribution in [0.4, 0.5) is 0 Å². The molecule has 0 spiro atoms. The van der Waals surface area contributed by atoms with Gasteiger partial charge in [-0.1, -0.05) is 47.5 Å². The van der Waals surface area contributed by atoms with E-state index in [1.165, 1.54) is 10.7 Å². The molecular weight excluding hydrogens is 398 g/mol. The van der Waals surface area contributed by atoms with Crippen LogP contribution in [0.25, 0.3) is 11.3 Å². The molecule has 0 saturated carbocycles. The molecule has 3 aromatic rings. The Morgan fingerprint density at radius 2 is 1.53 bits per heavy atom. The number of hydrogen-bond acceptors (Lipinski definition) is 4. The van der Waals surface area contributed by atoms with E-state index in [4.69, 9.17) is 0 Å². The molecule has 1 heterocycles. The van der Waals surface area contributed by atoms with Crippen LogP contribution in [0.15, 0.2) is 58.2 Å². The minimum absolute atomic E-state index is 0.209. The summed E-state index contributed by atoms with van der Waals surface area (Å²) in [6.45, 7) is 8.10. The van der Waals surface area contributed by atoms with E-state index in [1.807, 2.05) is 50.2 Å². The molecule has 0 aliphatic carbocycles. The van der Waals surface area contributed by atoms with Gasteiger partial charge >= 0.3 is 0 Å². The molecule has 0 aliphatic rings. The lowest BCUT2D eigenvalue weighted by Crippen LogP contribution is -2.29. The highest BCUT2D eigenvalue weighted by molar-refractivity contribution is 7.89. The molecule has 158 valence electrons. The molecule has 0 aliphatic heterocycles. The van der Waals surface area contributed by atoms with Crippen molar-refractivity contribution in [2.24, 2.45) is 0 Å². The Kier molecular flexibility index (Phi) is 6.53. The molecule has 2 aromatic carbocycles. The molecule has 0 atom stereocenters. The standard InChI is InChI=1S/C23H27N3O3S/c1-16-6-8-20(9-7-16)21-10-11-22(27)26(25-21)13-5-12-24-30(28,29)23-18(3)14-17(2)15-19(23)4/h6-11,14-15,24H,5,12-13H2,1-4H3. The van der Waals surface area contributed by atoms with E-state index in [2.05, 4.69) is 9.82 Å². The Morgan fingerprint density at radius 3 is 2.17 bits per heavy atom. The maximum Gasteiger partial charge on any atom is 0.266 e. The van der Waals surface area contributed by atoms with Crippen LogP contribution >= 0.6 is 0 Å². The maximum atomic E-state index is 12.7. The van der Waals surface area contributed by atoms with E-state index < -0.39 is 10.0 Å². The second-order valence-corrected chi connectivity index (χ2v) is 9.33. The van der Waals surface area contributed by atoms with Crippen molar-refractivity contribution in [3.8, 4) is 11.3 Å². The largest absolute Gasteiger partial charge is 0.268 e. The van der Waals surface area contributed by atoms with E-state index in [0.29, 0.717) is 23.6 Å². The van der Waals surface area contributed by atoms with Crippen molar-refractivity contribution < 1.29 is 8.42 Å². The molecule has 6 nitrogen and oxygen atoms in total. The minimum atomic E-state index is -3.62. The predicted molar refractivity (Wildman–Crippen MR) is 119 cm³/mol. The van der Waals surface area contributed by atoms with Crippen LogP contribution in [0, 0.1) is 27.7 Å². The summed E-state index contributed by atoms with van der Waals surface area (Å²) in [6.07, 6.45) is 0.452. The summed E-state index contributed by atoms with van der Waals surface area (Å²) in [5.74, 6) is 0. The van der Waals surface area contributed by atoms with Crippen molar-refractivity contribution in [3.05, 3.63) is 81.1 Å². The maximum absolute atomic E-state index is 12.7. The Morgan fingerprint density at radius 1 is 0.900 bits per heavy atom. The molecule has 0 saturated heterocycles. The van der Waals surface area contributed by atoms with Crippen LogP contribution in [0.5, 0.6) is 0 Å². The van der Waals surface area contributed by atoms with Crippen molar-refractivity contribution in [3.63, 3.8) is 0 Å². The predicted octanol–water partition coefficient (Wildman–Crippen LogP) is 3.51. The quantitative estimate of drug-likeness (QED) is 0.588. The van der Waals surface area contributed by atoms with E-state index >= 15 is 0 Å². The zero-order valence-corrected chi connectivity index (χ0v) is 18.6. The van der Waals surface area contributed by atoms with Crippen LogP contribution in [0.3, 0.4) is 0 Å². The molecule has 0 unspecified atom stereocenters. The lowest BCUT2D eigenvalue weighted by atomic mass is 10.1. The fourth-order valence-electron chi connectivity index (χ4n) is 3.59. The van der Waals surface area contributed by atoms with Crippen LogP contribution in [-0.4, -0.2) is 24.7 Å². The van der Waals surface area contributed by atoms with Gasteiger partial charge in [-0.3, -0.25) is 4.79 Å². The fourth-order valence-corrected chi connectivity index (χ4v) is 5.11. The first-order valence-electron chi connectivity index (χ1n) is 9.90. The molecule has 1 N–H and O–H groups in total. The van der Waals surface area contributed by atoms with Crippen molar-refractivity contribution >= 4 is 10.0 Å². The zero-order valence-electron chi connectivity index (χ0n) is 17.8. The van der Waals surface area contributed by atoms with Crippen molar-refractivity contribution in [1.82, 2.24) is 14.5 Å². The topological polar surface area (TPSA) is 81.1 Å². The molecule has 30 heavy (non-hydrogen) atoms. The normalized spacial score (nSPS) is 11.6. The van der Waals surface area contributed by atoms with Gasteiger partial charge in [0.15, 0.2) is 0 Å². The molecule has 7 heteroatoms. The monoisotopic (exact) mass is 425 g/mol. The Labute approximate surface area is 177 Å². The molecule has 0 amide bonds. The van der Waals surface area contributed by atoms with Gasteiger partial charge in [0.1, 0.15) is 0 Å². The lowest BCUT2D eigenvalue weighted by Gasteiger charge is -2.13. The molecule has 0 fully saturated rings. The third kappa shape index (κ3) is 5.04. The first-order valence-corrected chi connectivity index (χ1v) is 11.4. The Balaban J connectivity index is 1.68. The van der Waals surface area contributed by atoms with Gasteiger partial charge in [0.2, 0.25) is 10.0 Å². The average Bonchev–Trinajstić information content (AvgIpc) is 2.66. The number of hydrogen-bond donors (Lipinski definition) is 1. The van der Waals surface area contributed by atoms with Crippen LogP contribution < -0.4 is 10.3 Å². The summed E-state index contributed by atoms with van der Waals surface area (Å²) in [4.78, 5) is 12.5. The van der Waals surface area contributed by atoms with Crippen LogP contribution in [0.2, 0.25) is 0 Å². The SMILES string of the molecule is Cc1ccc(-c2ccc(=O)n(CCCNS(=O)(=O)c3c(C)cc(C)cc3C)n2)cc1. The van der Waals surface area contributed by atoms with Crippen molar-refractivity contribution in [2.45, 2.75) is 45.6 Å². The summed E-state index contributed by atoms with van der Waals surface area (Å²) in [7, 11) is -3.62. The van der Waals surface area contributed by atoms with Crippen LogP contribution in [0.1, 0.15) is 28.7 Å². The first-order chi connectivity index (χ1) is 14.2. The summed E-state index contributed by atoms with van der Waals surface area (Å²) >= 11 is 0. The smallest absolute Gasteiger partial charge is 0.266 e. The number of aromatic nitrogens is 2. The highest BCUT2D eigenvalue weighted by atomic mass is 32.2. The number of sulfonamides is 1. The summed E-state index contributed by atoms with van der Waals surface area (Å²) < 4.78 is 29.5. The van der Waals surface area contributed by atoms with Crippen molar-refractivity contribution in [2.75, 3.05) is 6.54 Å². The third-order valence-electron chi connectivity index (χ3n) is 4.93. The minimum Gasteiger partial charge on any atom is -0.268 e. The van der Waals surface area contributed by atoms with E-state index in [0.717, 1.165) is 27.8 Å². The summed E-state index contributed by atoms with van der Waals surface area (Å²) in [5, 5.41) is 4.43. The molecular formula is C23H27N3O3S. The van der Waals surface area contributed by atoms with Gasteiger partial charge in [-0.05, 0) is 51.3 Å². The lowest BCUT2D eigenvalue weighted by molar-refractivity contribution is 0.536. The van der Waals surface area contributed by atoms with Gasteiger partial charge in [-0.2, -0.15) is 5.10 Å². The van der Waals surface area contributed by atoms with Gasteiger partial charge in [-0.25, -0.2) is 17.8 Å². The van der Waals surface area contributed by atoms with Gasteiger partial charge < -0.3 is 0 Å². The van der Waals surface area contributed by atoms with Gasteiger partial charge in [0.05, 0.1) is 10.6 Å². The van der Waals surface area contributed by atoms with Crippen molar-refractivity contribution in [1.29, 1.82) is 0 Å². The molecule has 0 radical (unpaired) electrons. The average molecular weight is 426 g/mol. The molecule has 3 rings (SSSR count). The molecule has 0 bridgehead atoms. The van der Waals surface area contributed by atoms with Gasteiger partial charge in [-0.15, -0.1) is 0 Å². The number of nitrogens with one attached hydrogen (secondary N) is 1. The van der Waals surface area contributed by atoms with E-state index in [1.54, 1.807) is 19.9 Å². The van der Waals surface area contributed by atoms with Crippen LogP contribution in [-0.2, 0) is 16.6 Å². The number of benzene rings is 2. The molecule has 1 aromatic heterocycles. The Bertz CT molecular complexity index is 1190. The van der Waals surface area contributed by atoms with E-state index in [-0.39, 0.29) is 12.1 Å². The van der Waals surface area contributed by atoms with Gasteiger partial charge in [0, 0.05) is 24.7 Å². The number of rotatable bonds is 7. The fraction of sp³-hybridized carbons (Fsp3) is 0.304. The summed E-state index contributed by atoms with van der Waals surface area (Å²) in [5.41, 5.74) is 5.06. The first kappa shape index (κ1) is 21.9. The number of aryl methyl sites for hydroxylation is 5.